The van der Waals surface area contributed by atoms with Gasteiger partial charge in [0.05, 0.1) is 0 Å². The second-order valence-electron chi connectivity index (χ2n) is 0.189. The van der Waals surface area contributed by atoms with Crippen molar-refractivity contribution in [3.05, 3.63) is 26.4 Å². The van der Waals surface area contributed by atoms with Crippen molar-refractivity contribution >= 4 is 0 Å². The van der Waals surface area contributed by atoms with Gasteiger partial charge in [0.15, 0.2) is 0 Å². The third kappa shape index (κ3) is 15.1. The lowest BCUT2D eigenvalue weighted by Gasteiger charge is -1.31. The minimum absolute atomic E-state index is 0. The summed E-state index contributed by atoms with van der Waals surface area (Å²) < 4.78 is 0. The zero-order chi connectivity index (χ0) is 5.41. The Bertz CT molecular complexity index is 54.0. The topological polar surface area (TPSA) is 154 Å². The quantitative estimate of drug-likeness (QED) is 0.267. The largest absolute Gasteiger partial charge is 0.373 e. The predicted octanol–water partition coefficient (Wildman–Crippen LogP) is 1.90. The highest BCUT2D eigenvalue weighted by Crippen LogP contribution is 1.29. The summed E-state index contributed by atoms with van der Waals surface area (Å²) in [5.74, 6) is 0. The predicted molar refractivity (Wildman–Crippen MR) is 24.5 cm³/mol. The number of rotatable bonds is 0. The molecule has 0 saturated carbocycles. The molecule has 0 atom stereocenters. The van der Waals surface area contributed by atoms with Gasteiger partial charge >= 0.3 is 0 Å². The van der Waals surface area contributed by atoms with Crippen molar-refractivity contribution < 1.29 is 0 Å². The van der Waals surface area contributed by atoms with Crippen molar-refractivity contribution in [1.82, 2.24) is 6.15 Å². The van der Waals surface area contributed by atoms with Crippen LogP contribution in [0.3, 0.4) is 0 Å². The molecule has 0 heterocycles. The molecule has 0 amide bonds. The molecule has 0 bridgehead atoms. The van der Waals surface area contributed by atoms with Crippen molar-refractivity contribution in [2.24, 2.45) is 0 Å². The Labute approximate surface area is 39.4 Å². The summed E-state index contributed by atoms with van der Waals surface area (Å²) in [5.41, 5.74) is 25.8. The molecule has 0 aliphatic rings. The fraction of sp³-hybridized carbons (Fsp3) is 0. The molecule has 0 aromatic carbocycles. The number of hydrogen-bond acceptors (Lipinski definition) is 2. The molecular formula is H4N7-. The summed E-state index contributed by atoms with van der Waals surface area (Å²) in [4.78, 5) is 3.25. The van der Waals surface area contributed by atoms with E-state index in [-0.39, 0.29) is 6.15 Å². The highest BCUT2D eigenvalue weighted by atomic mass is 15.0. The van der Waals surface area contributed by atoms with E-state index < -0.39 is 0 Å². The molecule has 0 unspecified atom stereocenters. The lowest BCUT2D eigenvalue weighted by Crippen LogP contribution is -0.769. The van der Waals surface area contributed by atoms with Crippen LogP contribution in [0, 0.1) is 5.53 Å². The molecule has 40 valence electrons. The summed E-state index contributed by atoms with van der Waals surface area (Å²) in [6.07, 6.45) is 0. The Kier molecular flexibility index (Phi) is 438. The van der Waals surface area contributed by atoms with Crippen LogP contribution < -0.4 is 6.15 Å². The van der Waals surface area contributed by atoms with Gasteiger partial charge in [-0.05, 0) is 10.4 Å². The molecule has 0 fully saturated rings. The lowest BCUT2D eigenvalue weighted by atomic mass is 13.0. The molecule has 0 saturated heterocycles. The third-order valence-electron chi connectivity index (χ3n) is 0. The van der Waals surface area contributed by atoms with E-state index in [1.807, 2.05) is 0 Å². The van der Waals surface area contributed by atoms with E-state index in [4.69, 9.17) is 22.1 Å². The first kappa shape index (κ1) is 17.6. The molecule has 7 heavy (non-hydrogen) atoms. The smallest absolute Gasteiger partial charge is 0.00208 e. The summed E-state index contributed by atoms with van der Waals surface area (Å²) in [5, 5.41) is 0. The monoisotopic (exact) mass is 102 g/mol. The first-order chi connectivity index (χ1) is 2.83. The van der Waals surface area contributed by atoms with Gasteiger partial charge in [-0.1, -0.05) is 0 Å². The summed E-state index contributed by atoms with van der Waals surface area (Å²) in [7, 11) is 0. The standard InChI is InChI=1S/HN3.N3.H3N/c2*1-3-2;/h1H;;1H3/q;-1;. The van der Waals surface area contributed by atoms with Crippen LogP contribution in [0.1, 0.15) is 0 Å². The average Bonchev–Trinajstić information content (AvgIpc) is 1.39. The molecule has 7 heteroatoms. The van der Waals surface area contributed by atoms with Gasteiger partial charge in [-0.25, -0.2) is 0 Å². The normalized spacial score (nSPS) is 2.29. The van der Waals surface area contributed by atoms with E-state index in [0.29, 0.717) is 0 Å². The van der Waals surface area contributed by atoms with Crippen LogP contribution in [0.4, 0.5) is 0 Å². The van der Waals surface area contributed by atoms with Crippen LogP contribution in [-0.2, 0) is 0 Å². The zero-order valence-corrected chi connectivity index (χ0v) is 3.44. The van der Waals surface area contributed by atoms with Gasteiger partial charge in [0.2, 0.25) is 0 Å². The molecule has 0 radical (unpaired) electrons. The Balaban J connectivity index is -0.0000000400. The van der Waals surface area contributed by atoms with E-state index >= 15 is 0 Å². The highest BCUT2D eigenvalue weighted by Gasteiger charge is 0.973. The van der Waals surface area contributed by atoms with Crippen LogP contribution in [-0.4, -0.2) is 0 Å². The van der Waals surface area contributed by atoms with Crippen LogP contribution in [0.25, 0.3) is 26.4 Å². The Morgan fingerprint density at radius 3 is 1.14 bits per heavy atom. The van der Waals surface area contributed by atoms with Gasteiger partial charge in [-0.15, -0.1) is 5.53 Å². The maximum absolute atomic E-state index is 6.86. The van der Waals surface area contributed by atoms with E-state index in [9.17, 15) is 0 Å². The fourth-order valence-electron chi connectivity index (χ4n) is 0. The molecule has 0 aliphatic carbocycles. The number of hydrogen-bond donors (Lipinski definition) is 2. The second kappa shape index (κ2) is 174. The molecule has 4 N–H and O–H groups in total. The SMILES string of the molecule is N.[N-]=[N+]=N.[N-]=[N+]=[N-]. The second-order valence-corrected chi connectivity index (χ2v) is 0.189. The maximum Gasteiger partial charge on any atom is -0.00208 e. The molecule has 0 aliphatic heterocycles. The van der Waals surface area contributed by atoms with Gasteiger partial charge in [-0.2, -0.15) is 0 Å². The van der Waals surface area contributed by atoms with Gasteiger partial charge < -0.3 is 17.2 Å². The minimum atomic E-state index is 0. The van der Waals surface area contributed by atoms with Crippen LogP contribution >= 0.6 is 0 Å². The van der Waals surface area contributed by atoms with Crippen molar-refractivity contribution in [2.45, 2.75) is 0 Å². The Morgan fingerprint density at radius 1 is 1.14 bits per heavy atom. The third-order valence-corrected chi connectivity index (χ3v) is 0. The first-order valence-corrected chi connectivity index (χ1v) is 0.824. The molecule has 7 nitrogen and oxygen atoms in total. The van der Waals surface area contributed by atoms with Crippen molar-refractivity contribution in [1.29, 1.82) is 5.53 Å². The fourth-order valence-corrected chi connectivity index (χ4v) is 0. The van der Waals surface area contributed by atoms with Gasteiger partial charge in [0, 0.05) is 0 Å². The minimum Gasteiger partial charge on any atom is -0.373 e. The van der Waals surface area contributed by atoms with E-state index in [1.54, 1.807) is 4.91 Å². The Hall–Kier alpha value is -1.42. The van der Waals surface area contributed by atoms with Crippen molar-refractivity contribution in [3.8, 4) is 0 Å². The number of nitrogens with one attached hydrogen (secondary N) is 1. The molecule has 0 rings (SSSR count). The molecule has 0 aromatic rings. The Morgan fingerprint density at radius 2 is 1.14 bits per heavy atom. The van der Waals surface area contributed by atoms with Crippen LogP contribution in [0.15, 0.2) is 0 Å². The molecule has 0 spiro atoms. The molecular weight excluding hydrogens is 98.0 g/mol. The summed E-state index contributed by atoms with van der Waals surface area (Å²) in [6.45, 7) is 0. The zero-order valence-electron chi connectivity index (χ0n) is 3.44. The van der Waals surface area contributed by atoms with Crippen LogP contribution in [0.5, 0.6) is 0 Å². The van der Waals surface area contributed by atoms with Gasteiger partial charge in [0.1, 0.15) is 0 Å². The lowest BCUT2D eigenvalue weighted by molar-refractivity contribution is 1.45. The molecule has 0 aromatic heterocycles. The van der Waals surface area contributed by atoms with Crippen LogP contribution in [0.2, 0.25) is 0 Å². The van der Waals surface area contributed by atoms with Gasteiger partial charge in [0.25, 0.3) is 0 Å². The van der Waals surface area contributed by atoms with E-state index in [0.717, 1.165) is 0 Å². The van der Waals surface area contributed by atoms with Crippen molar-refractivity contribution in [2.75, 3.05) is 0 Å². The maximum atomic E-state index is 6.86. The van der Waals surface area contributed by atoms with Crippen molar-refractivity contribution in [3.63, 3.8) is 0 Å². The highest BCUT2D eigenvalue weighted by molar-refractivity contribution is 4.36. The van der Waals surface area contributed by atoms with E-state index in [1.165, 1.54) is 4.91 Å². The van der Waals surface area contributed by atoms with E-state index in [2.05, 4.69) is 0 Å². The number of nitrogens with zero attached hydrogens (tertiary/aromatic N) is 5. The summed E-state index contributed by atoms with van der Waals surface area (Å²) in [6, 6.07) is 0. The first-order valence-electron chi connectivity index (χ1n) is 0.824. The summed E-state index contributed by atoms with van der Waals surface area (Å²) >= 11 is 0. The van der Waals surface area contributed by atoms with Gasteiger partial charge in [-0.3, -0.25) is 4.91 Å². The average molecular weight is 102 g/mol.